The Morgan fingerprint density at radius 1 is 1.07 bits per heavy atom. The number of imidazole rings is 1. The highest BCUT2D eigenvalue weighted by atomic mass is 16.3. The van der Waals surface area contributed by atoms with Crippen molar-refractivity contribution in [3.63, 3.8) is 0 Å². The van der Waals surface area contributed by atoms with Gasteiger partial charge in [0, 0.05) is 26.2 Å². The third-order valence-electron chi connectivity index (χ3n) is 4.63. The summed E-state index contributed by atoms with van der Waals surface area (Å²) < 4.78 is 8.95. The van der Waals surface area contributed by atoms with Gasteiger partial charge in [-0.1, -0.05) is 12.1 Å². The van der Waals surface area contributed by atoms with E-state index in [1.165, 1.54) is 0 Å². The first kappa shape index (κ1) is 16.9. The van der Waals surface area contributed by atoms with Crippen LogP contribution in [0.2, 0.25) is 0 Å². The first-order valence-electron chi connectivity index (χ1n) is 8.53. The molecule has 3 aromatic heterocycles. The Morgan fingerprint density at radius 2 is 1.89 bits per heavy atom. The molecule has 4 aromatic rings. The maximum Gasteiger partial charge on any atom is 0.268 e. The van der Waals surface area contributed by atoms with Crippen molar-refractivity contribution in [2.45, 2.75) is 6.54 Å². The van der Waals surface area contributed by atoms with Crippen LogP contribution in [-0.4, -0.2) is 32.5 Å². The van der Waals surface area contributed by atoms with Crippen LogP contribution in [0.15, 0.2) is 47.1 Å². The van der Waals surface area contributed by atoms with Crippen molar-refractivity contribution in [1.82, 2.24) is 24.8 Å². The second kappa shape index (κ2) is 6.64. The van der Waals surface area contributed by atoms with Crippen molar-refractivity contribution in [1.29, 1.82) is 0 Å². The quantitative estimate of drug-likeness (QED) is 0.563. The minimum absolute atomic E-state index is 0.116. The van der Waals surface area contributed by atoms with E-state index in [1.807, 2.05) is 35.9 Å². The molecule has 0 fully saturated rings. The van der Waals surface area contributed by atoms with Crippen molar-refractivity contribution >= 4 is 33.9 Å². The number of fused-ring (bicyclic) bond motifs is 2. The van der Waals surface area contributed by atoms with Gasteiger partial charge in [0.15, 0.2) is 5.58 Å². The summed E-state index contributed by atoms with van der Waals surface area (Å²) in [5.41, 5.74) is 3.78. The average Bonchev–Trinajstić information content (AvgIpc) is 3.34. The van der Waals surface area contributed by atoms with Crippen LogP contribution in [-0.2, 0) is 25.4 Å². The number of rotatable bonds is 5. The molecule has 0 aliphatic heterocycles. The van der Waals surface area contributed by atoms with Crippen molar-refractivity contribution in [2.24, 2.45) is 14.1 Å². The molecule has 27 heavy (non-hydrogen) atoms. The van der Waals surface area contributed by atoms with Gasteiger partial charge >= 0.3 is 0 Å². The predicted octanol–water partition coefficient (Wildman–Crippen LogP) is 1.70. The van der Waals surface area contributed by atoms with E-state index in [0.717, 1.165) is 22.4 Å². The third-order valence-corrected chi connectivity index (χ3v) is 4.63. The van der Waals surface area contributed by atoms with Crippen molar-refractivity contribution in [2.75, 3.05) is 6.54 Å². The standard InChI is InChI=1S/C19H19N5O3/c1-23-14-7-8-27-16(14)9-15(23)19(26)21-11-18(25)20-10-17-22-12-5-3-4-6-13(12)24(17)2/h3-9H,10-11H2,1-2H3,(H,20,25)(H,21,26). The van der Waals surface area contributed by atoms with Gasteiger partial charge in [-0.05, 0) is 12.1 Å². The van der Waals surface area contributed by atoms with Crippen LogP contribution >= 0.6 is 0 Å². The summed E-state index contributed by atoms with van der Waals surface area (Å²) in [5.74, 6) is 0.133. The monoisotopic (exact) mass is 365 g/mol. The number of hydrogen-bond donors (Lipinski definition) is 2. The molecule has 2 N–H and O–H groups in total. The Labute approximate surface area is 154 Å². The van der Waals surface area contributed by atoms with Crippen molar-refractivity contribution < 1.29 is 14.0 Å². The highest BCUT2D eigenvalue weighted by Gasteiger charge is 2.16. The molecular weight excluding hydrogens is 346 g/mol. The fraction of sp³-hybridized carbons (Fsp3) is 0.211. The highest BCUT2D eigenvalue weighted by molar-refractivity contribution is 5.99. The SMILES string of the molecule is Cn1c(CNC(=O)CNC(=O)c2cc3occc3n2C)nc2ccccc21. The number of furan rings is 1. The molecule has 0 saturated carbocycles. The lowest BCUT2D eigenvalue weighted by molar-refractivity contribution is -0.120. The molecule has 8 nitrogen and oxygen atoms in total. The van der Waals surface area contributed by atoms with Crippen LogP contribution < -0.4 is 10.6 Å². The zero-order valence-corrected chi connectivity index (χ0v) is 15.0. The molecule has 1 aromatic carbocycles. The van der Waals surface area contributed by atoms with Crippen LogP contribution in [0.5, 0.6) is 0 Å². The Bertz CT molecular complexity index is 1150. The number of nitrogens with one attached hydrogen (secondary N) is 2. The average molecular weight is 365 g/mol. The molecule has 0 bridgehead atoms. The van der Waals surface area contributed by atoms with Crippen LogP contribution in [0.1, 0.15) is 16.3 Å². The second-order valence-electron chi connectivity index (χ2n) is 6.29. The topological polar surface area (TPSA) is 94.1 Å². The fourth-order valence-corrected chi connectivity index (χ4v) is 3.11. The summed E-state index contributed by atoms with van der Waals surface area (Å²) in [6.45, 7) is 0.173. The van der Waals surface area contributed by atoms with Gasteiger partial charge < -0.3 is 24.2 Å². The summed E-state index contributed by atoms with van der Waals surface area (Å²) in [4.78, 5) is 28.9. The van der Waals surface area contributed by atoms with Gasteiger partial charge in [0.05, 0.1) is 35.9 Å². The molecular formula is C19H19N5O3. The second-order valence-corrected chi connectivity index (χ2v) is 6.29. The van der Waals surface area contributed by atoms with E-state index in [0.29, 0.717) is 11.3 Å². The molecule has 0 aliphatic rings. The number of para-hydroxylation sites is 2. The van der Waals surface area contributed by atoms with Crippen molar-refractivity contribution in [3.8, 4) is 0 Å². The minimum Gasteiger partial charge on any atom is -0.463 e. The molecule has 0 atom stereocenters. The molecule has 8 heteroatoms. The van der Waals surface area contributed by atoms with Gasteiger partial charge in [-0.2, -0.15) is 0 Å². The maximum absolute atomic E-state index is 12.3. The molecule has 4 rings (SSSR count). The van der Waals surface area contributed by atoms with Crippen LogP contribution in [0.25, 0.3) is 22.1 Å². The normalized spacial score (nSPS) is 11.2. The van der Waals surface area contributed by atoms with E-state index >= 15 is 0 Å². The lowest BCUT2D eigenvalue weighted by atomic mass is 10.3. The Hall–Kier alpha value is -3.55. The lowest BCUT2D eigenvalue weighted by Gasteiger charge is -2.08. The summed E-state index contributed by atoms with van der Waals surface area (Å²) in [6, 6.07) is 11.2. The summed E-state index contributed by atoms with van der Waals surface area (Å²) in [5, 5.41) is 5.41. The maximum atomic E-state index is 12.3. The van der Waals surface area contributed by atoms with Crippen LogP contribution in [0.3, 0.4) is 0 Å². The number of nitrogens with zero attached hydrogens (tertiary/aromatic N) is 3. The molecule has 0 aliphatic carbocycles. The summed E-state index contributed by atoms with van der Waals surface area (Å²) in [6.07, 6.45) is 1.57. The molecule has 0 radical (unpaired) electrons. The first-order valence-corrected chi connectivity index (χ1v) is 8.53. The van der Waals surface area contributed by atoms with Crippen LogP contribution in [0.4, 0.5) is 0 Å². The summed E-state index contributed by atoms with van der Waals surface area (Å²) in [7, 11) is 3.68. The lowest BCUT2D eigenvalue weighted by Crippen LogP contribution is -2.37. The zero-order valence-electron chi connectivity index (χ0n) is 15.0. The Kier molecular flexibility index (Phi) is 4.15. The molecule has 2 amide bonds. The predicted molar refractivity (Wildman–Crippen MR) is 100 cm³/mol. The van der Waals surface area contributed by atoms with Gasteiger partial charge in [0.1, 0.15) is 11.5 Å². The van der Waals surface area contributed by atoms with E-state index in [1.54, 1.807) is 30.0 Å². The number of benzene rings is 1. The third kappa shape index (κ3) is 3.05. The van der Waals surface area contributed by atoms with E-state index in [-0.39, 0.29) is 24.9 Å². The smallest absolute Gasteiger partial charge is 0.268 e. The van der Waals surface area contributed by atoms with Crippen molar-refractivity contribution in [3.05, 3.63) is 54.2 Å². The van der Waals surface area contributed by atoms with E-state index in [4.69, 9.17) is 4.42 Å². The molecule has 0 unspecified atom stereocenters. The number of aryl methyl sites for hydroxylation is 2. The number of hydrogen-bond acceptors (Lipinski definition) is 4. The molecule has 0 spiro atoms. The van der Waals surface area contributed by atoms with Gasteiger partial charge in [-0.25, -0.2) is 4.98 Å². The highest BCUT2D eigenvalue weighted by Crippen LogP contribution is 2.19. The van der Waals surface area contributed by atoms with E-state index < -0.39 is 0 Å². The number of carbonyl (C=O) groups is 2. The van der Waals surface area contributed by atoms with Gasteiger partial charge in [0.2, 0.25) is 5.91 Å². The van der Waals surface area contributed by atoms with Gasteiger partial charge in [0.25, 0.3) is 5.91 Å². The molecule has 0 saturated heterocycles. The van der Waals surface area contributed by atoms with E-state index in [2.05, 4.69) is 15.6 Å². The first-order chi connectivity index (χ1) is 13.0. The van der Waals surface area contributed by atoms with Gasteiger partial charge in [-0.15, -0.1) is 0 Å². The Balaban J connectivity index is 1.35. The van der Waals surface area contributed by atoms with Crippen LogP contribution in [0, 0.1) is 0 Å². The fourth-order valence-electron chi connectivity index (χ4n) is 3.11. The largest absolute Gasteiger partial charge is 0.463 e. The Morgan fingerprint density at radius 3 is 2.67 bits per heavy atom. The minimum atomic E-state index is -0.332. The summed E-state index contributed by atoms with van der Waals surface area (Å²) >= 11 is 0. The molecule has 3 heterocycles. The molecule has 138 valence electrons. The number of amides is 2. The zero-order chi connectivity index (χ0) is 19.0. The number of carbonyl (C=O) groups excluding carboxylic acids is 2. The van der Waals surface area contributed by atoms with Gasteiger partial charge in [-0.3, -0.25) is 9.59 Å². The number of aromatic nitrogens is 3. The van der Waals surface area contributed by atoms with E-state index in [9.17, 15) is 9.59 Å².